The summed E-state index contributed by atoms with van der Waals surface area (Å²) in [7, 11) is -3.62. The van der Waals surface area contributed by atoms with Gasteiger partial charge in [0.15, 0.2) is 0 Å². The Morgan fingerprint density at radius 1 is 1.03 bits per heavy atom. The predicted octanol–water partition coefficient (Wildman–Crippen LogP) is 3.18. The van der Waals surface area contributed by atoms with Gasteiger partial charge in [0.05, 0.1) is 10.5 Å². The van der Waals surface area contributed by atoms with Crippen LogP contribution in [0, 0.1) is 27.7 Å². The smallest absolute Gasteiger partial charge is 0.256 e. The van der Waals surface area contributed by atoms with Crippen molar-refractivity contribution in [1.29, 1.82) is 0 Å². The molecular formula is C21H27N3O3S2. The van der Waals surface area contributed by atoms with E-state index in [-0.39, 0.29) is 19.0 Å². The number of rotatable bonds is 4. The molecule has 0 aliphatic carbocycles. The Hall–Kier alpha value is -1.90. The Morgan fingerprint density at radius 2 is 1.62 bits per heavy atom. The van der Waals surface area contributed by atoms with E-state index in [2.05, 4.69) is 4.98 Å². The quantitative estimate of drug-likeness (QED) is 0.693. The van der Waals surface area contributed by atoms with E-state index in [9.17, 15) is 13.2 Å². The maximum Gasteiger partial charge on any atom is 0.256 e. The second-order valence-electron chi connectivity index (χ2n) is 7.35. The van der Waals surface area contributed by atoms with E-state index in [1.807, 2.05) is 40.0 Å². The molecule has 0 atom stereocenters. The number of piperazine rings is 1. The van der Waals surface area contributed by atoms with Crippen LogP contribution in [-0.4, -0.2) is 60.9 Å². The standard InChI is InChI=1S/C21H27N3O3S2/c1-14-13-15(2)17(4)19(16(14)3)29(26,27)24-11-9-23(10-12-24)21(25)18-7-6-8-22-20(18)28-5/h6-8,13H,9-12H2,1-5H3. The van der Waals surface area contributed by atoms with Gasteiger partial charge in [0.25, 0.3) is 5.91 Å². The summed E-state index contributed by atoms with van der Waals surface area (Å²) in [4.78, 5) is 19.3. The number of thioether (sulfide) groups is 1. The molecule has 0 unspecified atom stereocenters. The molecule has 29 heavy (non-hydrogen) atoms. The number of carbonyl (C=O) groups is 1. The fourth-order valence-corrected chi connectivity index (χ4v) is 6.25. The summed E-state index contributed by atoms with van der Waals surface area (Å²) in [6.45, 7) is 8.90. The molecule has 6 nitrogen and oxygen atoms in total. The number of benzene rings is 1. The molecule has 1 saturated heterocycles. The molecule has 1 amide bonds. The lowest BCUT2D eigenvalue weighted by atomic mass is 10.0. The SMILES string of the molecule is CSc1ncccc1C(=O)N1CCN(S(=O)(=O)c2c(C)c(C)cc(C)c2C)CC1. The van der Waals surface area contributed by atoms with Gasteiger partial charge in [-0.05, 0) is 68.3 Å². The van der Waals surface area contributed by atoms with Gasteiger partial charge >= 0.3 is 0 Å². The zero-order valence-corrected chi connectivity index (χ0v) is 19.2. The fraction of sp³-hybridized carbons (Fsp3) is 0.429. The van der Waals surface area contributed by atoms with Gasteiger partial charge in [-0.15, -0.1) is 11.8 Å². The molecule has 2 aromatic rings. The molecule has 0 bridgehead atoms. The van der Waals surface area contributed by atoms with Crippen LogP contribution in [0.4, 0.5) is 0 Å². The van der Waals surface area contributed by atoms with Gasteiger partial charge in [-0.3, -0.25) is 4.79 Å². The summed E-state index contributed by atoms with van der Waals surface area (Å²) in [6, 6.07) is 5.54. The number of aromatic nitrogens is 1. The highest BCUT2D eigenvalue weighted by atomic mass is 32.2. The number of amides is 1. The number of sulfonamides is 1. The van der Waals surface area contributed by atoms with Crippen LogP contribution in [-0.2, 0) is 10.0 Å². The normalized spacial score (nSPS) is 15.6. The minimum absolute atomic E-state index is 0.0988. The molecule has 0 saturated carbocycles. The monoisotopic (exact) mass is 433 g/mol. The van der Waals surface area contributed by atoms with E-state index in [0.29, 0.717) is 28.6 Å². The second kappa shape index (κ2) is 8.45. The molecule has 0 spiro atoms. The van der Waals surface area contributed by atoms with Crippen LogP contribution in [0.2, 0.25) is 0 Å². The van der Waals surface area contributed by atoms with Gasteiger partial charge in [-0.1, -0.05) is 6.07 Å². The minimum atomic E-state index is -3.62. The number of aryl methyl sites for hydroxylation is 2. The Bertz CT molecular complexity index is 1020. The number of hydrogen-bond donors (Lipinski definition) is 0. The summed E-state index contributed by atoms with van der Waals surface area (Å²) in [5.41, 5.74) is 4.11. The van der Waals surface area contributed by atoms with Crippen molar-refractivity contribution in [3.63, 3.8) is 0 Å². The molecule has 0 radical (unpaired) electrons. The van der Waals surface area contributed by atoms with Crippen molar-refractivity contribution in [2.45, 2.75) is 37.6 Å². The summed E-state index contributed by atoms with van der Waals surface area (Å²) in [5, 5.41) is 0.689. The van der Waals surface area contributed by atoms with Crippen LogP contribution in [0.3, 0.4) is 0 Å². The highest BCUT2D eigenvalue weighted by Gasteiger charge is 2.33. The van der Waals surface area contributed by atoms with Crippen LogP contribution in [0.15, 0.2) is 34.3 Å². The third kappa shape index (κ3) is 4.06. The van der Waals surface area contributed by atoms with Crippen molar-refractivity contribution >= 4 is 27.7 Å². The van der Waals surface area contributed by atoms with Crippen LogP contribution in [0.1, 0.15) is 32.6 Å². The summed E-state index contributed by atoms with van der Waals surface area (Å²) >= 11 is 1.43. The van der Waals surface area contributed by atoms with Gasteiger partial charge in [0, 0.05) is 32.4 Å². The maximum atomic E-state index is 13.4. The van der Waals surface area contributed by atoms with Crippen molar-refractivity contribution in [2.24, 2.45) is 0 Å². The molecule has 0 N–H and O–H groups in total. The van der Waals surface area contributed by atoms with Crippen molar-refractivity contribution < 1.29 is 13.2 Å². The van der Waals surface area contributed by atoms with E-state index < -0.39 is 10.0 Å². The number of carbonyl (C=O) groups excluding carboxylic acids is 1. The van der Waals surface area contributed by atoms with Crippen molar-refractivity contribution in [3.8, 4) is 0 Å². The predicted molar refractivity (Wildman–Crippen MR) is 116 cm³/mol. The van der Waals surface area contributed by atoms with Gasteiger partial charge < -0.3 is 4.90 Å². The number of pyridine rings is 1. The molecule has 8 heteroatoms. The first-order valence-corrected chi connectivity index (χ1v) is 12.2. The van der Waals surface area contributed by atoms with Crippen molar-refractivity contribution in [3.05, 3.63) is 52.2 Å². The number of hydrogen-bond acceptors (Lipinski definition) is 5. The Labute approximate surface area is 177 Å². The highest BCUT2D eigenvalue weighted by molar-refractivity contribution is 7.98. The first-order chi connectivity index (χ1) is 13.7. The third-order valence-corrected chi connectivity index (χ3v) is 8.50. The van der Waals surface area contributed by atoms with Gasteiger partial charge in [-0.2, -0.15) is 4.31 Å². The van der Waals surface area contributed by atoms with Gasteiger partial charge in [-0.25, -0.2) is 13.4 Å². The first-order valence-electron chi connectivity index (χ1n) is 9.54. The molecule has 1 aromatic carbocycles. The zero-order valence-electron chi connectivity index (χ0n) is 17.5. The molecule has 1 fully saturated rings. The van der Waals surface area contributed by atoms with E-state index in [1.54, 1.807) is 23.2 Å². The summed E-state index contributed by atoms with van der Waals surface area (Å²) < 4.78 is 28.3. The molecule has 156 valence electrons. The lowest BCUT2D eigenvalue weighted by Crippen LogP contribution is -2.50. The maximum absolute atomic E-state index is 13.4. The van der Waals surface area contributed by atoms with Crippen molar-refractivity contribution in [2.75, 3.05) is 32.4 Å². The van der Waals surface area contributed by atoms with E-state index >= 15 is 0 Å². The lowest BCUT2D eigenvalue weighted by molar-refractivity contribution is 0.0693. The number of nitrogens with zero attached hydrogens (tertiary/aromatic N) is 3. The fourth-order valence-electron chi connectivity index (χ4n) is 3.71. The van der Waals surface area contributed by atoms with Crippen LogP contribution in [0.25, 0.3) is 0 Å². The van der Waals surface area contributed by atoms with Crippen LogP contribution >= 0.6 is 11.8 Å². The lowest BCUT2D eigenvalue weighted by Gasteiger charge is -2.35. The third-order valence-electron chi connectivity index (χ3n) is 5.62. The Morgan fingerprint density at radius 3 is 2.17 bits per heavy atom. The van der Waals surface area contributed by atoms with Crippen LogP contribution < -0.4 is 0 Å². The van der Waals surface area contributed by atoms with E-state index in [0.717, 1.165) is 22.3 Å². The zero-order chi connectivity index (χ0) is 21.3. The summed E-state index contributed by atoms with van der Waals surface area (Å²) in [6.07, 6.45) is 3.56. The average Bonchev–Trinajstić information content (AvgIpc) is 2.72. The minimum Gasteiger partial charge on any atom is -0.336 e. The average molecular weight is 434 g/mol. The second-order valence-corrected chi connectivity index (χ2v) is 10.0. The van der Waals surface area contributed by atoms with E-state index in [4.69, 9.17) is 0 Å². The Balaban J connectivity index is 1.81. The molecule has 1 aromatic heterocycles. The molecule has 1 aliphatic rings. The molecular weight excluding hydrogens is 406 g/mol. The van der Waals surface area contributed by atoms with Gasteiger partial charge in [0.2, 0.25) is 10.0 Å². The van der Waals surface area contributed by atoms with Crippen molar-refractivity contribution in [1.82, 2.24) is 14.2 Å². The van der Waals surface area contributed by atoms with E-state index in [1.165, 1.54) is 16.1 Å². The summed E-state index contributed by atoms with van der Waals surface area (Å²) in [5.74, 6) is -0.0988. The van der Waals surface area contributed by atoms with Gasteiger partial charge in [0.1, 0.15) is 5.03 Å². The molecule has 2 heterocycles. The first kappa shape index (κ1) is 21.8. The molecule has 3 rings (SSSR count). The Kier molecular flexibility index (Phi) is 6.36. The topological polar surface area (TPSA) is 70.6 Å². The molecule has 1 aliphatic heterocycles. The van der Waals surface area contributed by atoms with Crippen LogP contribution in [0.5, 0.6) is 0 Å². The largest absolute Gasteiger partial charge is 0.336 e. The highest BCUT2D eigenvalue weighted by Crippen LogP contribution is 2.29.